The van der Waals surface area contributed by atoms with Crippen molar-refractivity contribution in [1.29, 1.82) is 0 Å². The summed E-state index contributed by atoms with van der Waals surface area (Å²) < 4.78 is 5.74. The van der Waals surface area contributed by atoms with Gasteiger partial charge in [-0.25, -0.2) is 0 Å². The predicted molar refractivity (Wildman–Crippen MR) is 110 cm³/mol. The molecule has 0 bridgehead atoms. The van der Waals surface area contributed by atoms with Crippen LogP contribution in [0.3, 0.4) is 0 Å². The van der Waals surface area contributed by atoms with E-state index in [0.29, 0.717) is 12.8 Å². The topological polar surface area (TPSA) is 89.6 Å². The van der Waals surface area contributed by atoms with E-state index in [-0.39, 0.29) is 12.5 Å². The quantitative estimate of drug-likeness (QED) is 0.764. The van der Waals surface area contributed by atoms with E-state index in [1.54, 1.807) is 0 Å². The monoisotopic (exact) mass is 393 g/mol. The maximum absolute atomic E-state index is 13.0. The Kier molecular flexibility index (Phi) is 5.41. The van der Waals surface area contributed by atoms with Gasteiger partial charge in [0, 0.05) is 5.92 Å². The number of esters is 1. The molecule has 2 aromatic rings. The van der Waals surface area contributed by atoms with Crippen LogP contribution in [0, 0.1) is 5.92 Å². The molecule has 4 rings (SSSR count). The van der Waals surface area contributed by atoms with Crippen molar-refractivity contribution in [2.45, 2.75) is 50.0 Å². The summed E-state index contributed by atoms with van der Waals surface area (Å²) in [5.74, 6) is -2.46. The van der Waals surface area contributed by atoms with Crippen LogP contribution < -0.4 is 5.73 Å². The summed E-state index contributed by atoms with van der Waals surface area (Å²) in [6.45, 7) is 0.194. The van der Waals surface area contributed by atoms with Gasteiger partial charge < -0.3 is 15.6 Å². The molecular weight excluding hydrogens is 366 g/mol. The Balaban J connectivity index is 1.55. The Labute approximate surface area is 170 Å². The summed E-state index contributed by atoms with van der Waals surface area (Å²) in [6.07, 6.45) is 4.21. The van der Waals surface area contributed by atoms with Crippen LogP contribution in [-0.4, -0.2) is 29.2 Å². The van der Waals surface area contributed by atoms with Crippen molar-refractivity contribution in [2.75, 3.05) is 6.61 Å². The number of rotatable bonds is 4. The molecule has 1 saturated carbocycles. The number of carbonyl (C=O) groups is 2. The predicted octanol–water partition coefficient (Wildman–Crippen LogP) is 4.09. The van der Waals surface area contributed by atoms with Gasteiger partial charge in [0.2, 0.25) is 0 Å². The number of aliphatic carboxylic acids is 1. The molecule has 3 N–H and O–H groups in total. The first-order valence-corrected chi connectivity index (χ1v) is 10.4. The molecule has 0 heterocycles. The first-order chi connectivity index (χ1) is 14.0. The number of hydrogen-bond acceptors (Lipinski definition) is 4. The van der Waals surface area contributed by atoms with Crippen molar-refractivity contribution in [3.05, 3.63) is 59.7 Å². The first kappa shape index (κ1) is 19.6. The number of ether oxygens (including phenoxy) is 1. The molecule has 2 aromatic carbocycles. The number of carbonyl (C=O) groups excluding carboxylic acids is 1. The summed E-state index contributed by atoms with van der Waals surface area (Å²) in [5, 5.41) is 9.74. The number of carboxylic acid groups (broad SMARTS) is 1. The average molecular weight is 393 g/mol. The van der Waals surface area contributed by atoms with E-state index in [9.17, 15) is 14.7 Å². The summed E-state index contributed by atoms with van der Waals surface area (Å²) >= 11 is 0. The van der Waals surface area contributed by atoms with Gasteiger partial charge in [0.05, 0.1) is 5.92 Å². The summed E-state index contributed by atoms with van der Waals surface area (Å²) in [5.41, 5.74) is 9.29. The van der Waals surface area contributed by atoms with Crippen molar-refractivity contribution in [3.63, 3.8) is 0 Å². The third kappa shape index (κ3) is 3.55. The number of hydrogen-bond donors (Lipinski definition) is 2. The molecule has 0 amide bonds. The van der Waals surface area contributed by atoms with Crippen molar-refractivity contribution in [1.82, 2.24) is 0 Å². The van der Waals surface area contributed by atoms with Crippen LogP contribution in [0.2, 0.25) is 0 Å². The molecule has 0 radical (unpaired) electrons. The van der Waals surface area contributed by atoms with Gasteiger partial charge in [0.1, 0.15) is 12.1 Å². The molecule has 5 heteroatoms. The maximum Gasteiger partial charge on any atom is 0.324 e. The maximum atomic E-state index is 13.0. The van der Waals surface area contributed by atoms with Crippen LogP contribution in [0.1, 0.15) is 55.6 Å². The lowest BCUT2D eigenvalue weighted by molar-refractivity contribution is -0.160. The molecule has 2 atom stereocenters. The smallest absolute Gasteiger partial charge is 0.324 e. The normalized spacial score (nSPS) is 24.1. The fourth-order valence-corrected chi connectivity index (χ4v) is 4.84. The second-order valence-electron chi connectivity index (χ2n) is 8.21. The van der Waals surface area contributed by atoms with Gasteiger partial charge in [-0.2, -0.15) is 0 Å². The van der Waals surface area contributed by atoms with E-state index >= 15 is 0 Å². The van der Waals surface area contributed by atoms with Crippen LogP contribution in [0.15, 0.2) is 48.5 Å². The molecule has 5 nitrogen and oxygen atoms in total. The van der Waals surface area contributed by atoms with E-state index in [2.05, 4.69) is 24.3 Å². The van der Waals surface area contributed by atoms with Crippen LogP contribution >= 0.6 is 0 Å². The standard InChI is InChI=1S/C24H27NO4/c25-24(23(27)28)14-8-2-1-3-13-21(24)22(26)29-15-20-18-11-6-4-9-16(18)17-10-5-7-12-19(17)20/h4-7,9-12,20-21H,1-3,8,13-15,25H2,(H,27,28). The van der Waals surface area contributed by atoms with Crippen molar-refractivity contribution < 1.29 is 19.4 Å². The molecule has 2 unspecified atom stereocenters. The minimum Gasteiger partial charge on any atom is -0.480 e. The molecule has 0 aromatic heterocycles. The van der Waals surface area contributed by atoms with Crippen LogP contribution in [0.25, 0.3) is 11.1 Å². The van der Waals surface area contributed by atoms with E-state index in [0.717, 1.165) is 47.9 Å². The Morgan fingerprint density at radius 1 is 0.966 bits per heavy atom. The molecular formula is C24H27NO4. The fraction of sp³-hybridized carbons (Fsp3) is 0.417. The third-order valence-corrected chi connectivity index (χ3v) is 6.49. The largest absolute Gasteiger partial charge is 0.480 e. The summed E-state index contributed by atoms with van der Waals surface area (Å²) in [6, 6.07) is 16.3. The average Bonchev–Trinajstić information content (AvgIpc) is 3.03. The molecule has 2 aliphatic carbocycles. The van der Waals surface area contributed by atoms with Gasteiger partial charge >= 0.3 is 11.9 Å². The molecule has 0 aliphatic heterocycles. The van der Waals surface area contributed by atoms with Gasteiger partial charge in [-0.1, -0.05) is 74.2 Å². The third-order valence-electron chi connectivity index (χ3n) is 6.49. The van der Waals surface area contributed by atoms with Crippen LogP contribution in [0.5, 0.6) is 0 Å². The van der Waals surface area contributed by atoms with Gasteiger partial charge in [-0.3, -0.25) is 9.59 Å². The fourth-order valence-electron chi connectivity index (χ4n) is 4.84. The van der Waals surface area contributed by atoms with Gasteiger partial charge in [-0.05, 0) is 35.1 Å². The molecule has 29 heavy (non-hydrogen) atoms. The molecule has 0 spiro atoms. The van der Waals surface area contributed by atoms with Crippen molar-refractivity contribution >= 4 is 11.9 Å². The zero-order valence-corrected chi connectivity index (χ0v) is 16.5. The van der Waals surface area contributed by atoms with Crippen LogP contribution in [-0.2, 0) is 14.3 Å². The number of fused-ring (bicyclic) bond motifs is 3. The minimum absolute atomic E-state index is 0.0445. The Morgan fingerprint density at radius 2 is 1.55 bits per heavy atom. The lowest BCUT2D eigenvalue weighted by atomic mass is 9.75. The van der Waals surface area contributed by atoms with Crippen molar-refractivity contribution in [3.8, 4) is 11.1 Å². The minimum atomic E-state index is -1.55. The number of nitrogens with two attached hydrogens (primary N) is 1. The van der Waals surface area contributed by atoms with E-state index in [4.69, 9.17) is 10.5 Å². The lowest BCUT2D eigenvalue weighted by Crippen LogP contribution is -2.57. The molecule has 0 saturated heterocycles. The zero-order chi connectivity index (χ0) is 20.4. The summed E-state index contributed by atoms with van der Waals surface area (Å²) in [7, 11) is 0. The van der Waals surface area contributed by atoms with E-state index < -0.39 is 23.4 Å². The molecule has 2 aliphatic rings. The Bertz CT molecular complexity index is 879. The first-order valence-electron chi connectivity index (χ1n) is 10.4. The Hall–Kier alpha value is -2.66. The molecule has 152 valence electrons. The second-order valence-corrected chi connectivity index (χ2v) is 8.21. The summed E-state index contributed by atoms with van der Waals surface area (Å²) in [4.78, 5) is 24.9. The number of benzene rings is 2. The molecule has 1 fully saturated rings. The van der Waals surface area contributed by atoms with Gasteiger partial charge in [0.15, 0.2) is 0 Å². The van der Waals surface area contributed by atoms with Crippen LogP contribution in [0.4, 0.5) is 0 Å². The highest BCUT2D eigenvalue weighted by Crippen LogP contribution is 2.44. The van der Waals surface area contributed by atoms with Gasteiger partial charge in [0.25, 0.3) is 0 Å². The highest BCUT2D eigenvalue weighted by Gasteiger charge is 2.47. The van der Waals surface area contributed by atoms with Crippen molar-refractivity contribution in [2.24, 2.45) is 11.7 Å². The lowest BCUT2D eigenvalue weighted by Gasteiger charge is -2.34. The second kappa shape index (κ2) is 7.99. The van der Waals surface area contributed by atoms with E-state index in [1.807, 2.05) is 24.3 Å². The van der Waals surface area contributed by atoms with Gasteiger partial charge in [-0.15, -0.1) is 0 Å². The highest BCUT2D eigenvalue weighted by molar-refractivity contribution is 5.87. The van der Waals surface area contributed by atoms with E-state index in [1.165, 1.54) is 0 Å². The SMILES string of the molecule is NC1(C(=O)O)CCCCCCC1C(=O)OCC1c2ccccc2-c2ccccc21. The Morgan fingerprint density at radius 3 is 2.17 bits per heavy atom. The number of carboxylic acids is 1. The zero-order valence-electron chi connectivity index (χ0n) is 16.5. The highest BCUT2D eigenvalue weighted by atomic mass is 16.5.